The molecule has 0 spiro atoms. The lowest BCUT2D eigenvalue weighted by molar-refractivity contribution is -0.120. The minimum absolute atomic E-state index is 0.0361. The van der Waals surface area contributed by atoms with Crippen molar-refractivity contribution in [1.82, 2.24) is 25.1 Å². The van der Waals surface area contributed by atoms with E-state index < -0.39 is 0 Å². The van der Waals surface area contributed by atoms with Gasteiger partial charge in [-0.15, -0.1) is 10.2 Å². The molecular weight excluding hydrogens is 406 g/mol. The average Bonchev–Trinajstić information content (AvgIpc) is 3.21. The van der Waals surface area contributed by atoms with E-state index in [-0.39, 0.29) is 11.2 Å². The molecule has 4 rings (SSSR count). The predicted octanol–water partition coefficient (Wildman–Crippen LogP) is 4.19. The Balaban J connectivity index is 1.53. The van der Waals surface area contributed by atoms with Gasteiger partial charge >= 0.3 is 0 Å². The number of aromatic nitrogens is 4. The quantitative estimate of drug-likeness (QED) is 0.425. The van der Waals surface area contributed by atoms with Crippen LogP contribution in [0.5, 0.6) is 0 Å². The van der Waals surface area contributed by atoms with E-state index in [0.29, 0.717) is 18.2 Å². The van der Waals surface area contributed by atoms with E-state index in [2.05, 4.69) is 32.6 Å². The highest BCUT2D eigenvalue weighted by Crippen LogP contribution is 2.27. The number of nitrogens with one attached hydrogen (secondary N) is 1. The molecule has 0 aliphatic heterocycles. The van der Waals surface area contributed by atoms with Gasteiger partial charge in [0.15, 0.2) is 11.0 Å². The lowest BCUT2D eigenvalue weighted by atomic mass is 10.2. The molecule has 1 unspecified atom stereocenters. The number of amides is 1. The van der Waals surface area contributed by atoms with E-state index in [0.717, 1.165) is 22.5 Å². The van der Waals surface area contributed by atoms with Gasteiger partial charge in [0.25, 0.3) is 0 Å². The molecule has 0 aliphatic carbocycles. The summed E-state index contributed by atoms with van der Waals surface area (Å²) in [5.41, 5.74) is 3.09. The third kappa shape index (κ3) is 5.38. The first-order valence-electron chi connectivity index (χ1n) is 10.1. The van der Waals surface area contributed by atoms with Crippen molar-refractivity contribution in [3.8, 4) is 11.4 Å². The largest absolute Gasteiger partial charge is 0.351 e. The van der Waals surface area contributed by atoms with Crippen molar-refractivity contribution >= 4 is 17.7 Å². The molecule has 0 aliphatic rings. The molecule has 1 N–H and O–H groups in total. The Morgan fingerprint density at radius 2 is 1.68 bits per heavy atom. The fourth-order valence-electron chi connectivity index (χ4n) is 3.13. The first-order chi connectivity index (χ1) is 15.2. The third-order valence-corrected chi connectivity index (χ3v) is 5.86. The highest BCUT2D eigenvalue weighted by molar-refractivity contribution is 8.00. The third-order valence-electron chi connectivity index (χ3n) is 4.78. The number of carbonyl (C=O) groups is 1. The fourth-order valence-corrected chi connectivity index (χ4v) is 4.01. The van der Waals surface area contributed by atoms with Crippen molar-refractivity contribution in [2.24, 2.45) is 0 Å². The normalized spacial score (nSPS) is 11.8. The Kier molecular flexibility index (Phi) is 6.74. The van der Waals surface area contributed by atoms with Gasteiger partial charge in [0.2, 0.25) is 5.91 Å². The standard InChI is InChI=1S/C24H23N5OS/c1-18(23(30)26-15-19-9-4-2-5-10-19)31-24-28-27-22(21-13-8-14-25-16-21)29(24)17-20-11-6-3-7-12-20/h2-14,16,18H,15,17H2,1H3,(H,26,30). The van der Waals surface area contributed by atoms with Gasteiger partial charge in [-0.25, -0.2) is 0 Å². The molecule has 31 heavy (non-hydrogen) atoms. The molecule has 0 bridgehead atoms. The molecule has 0 radical (unpaired) electrons. The van der Waals surface area contributed by atoms with Gasteiger partial charge in [0.1, 0.15) is 0 Å². The zero-order chi connectivity index (χ0) is 21.5. The maximum absolute atomic E-state index is 12.7. The Labute approximate surface area is 185 Å². The van der Waals surface area contributed by atoms with Crippen LogP contribution >= 0.6 is 11.8 Å². The van der Waals surface area contributed by atoms with Crippen molar-refractivity contribution in [1.29, 1.82) is 0 Å². The Morgan fingerprint density at radius 3 is 2.35 bits per heavy atom. The van der Waals surface area contributed by atoms with Crippen LogP contribution in [-0.4, -0.2) is 30.9 Å². The van der Waals surface area contributed by atoms with E-state index in [4.69, 9.17) is 0 Å². The van der Waals surface area contributed by atoms with Crippen molar-refractivity contribution < 1.29 is 4.79 Å². The molecule has 2 aromatic carbocycles. The summed E-state index contributed by atoms with van der Waals surface area (Å²) in [7, 11) is 0. The van der Waals surface area contributed by atoms with E-state index >= 15 is 0 Å². The van der Waals surface area contributed by atoms with Crippen LogP contribution in [0.4, 0.5) is 0 Å². The summed E-state index contributed by atoms with van der Waals surface area (Å²) in [6.45, 7) is 3.00. The van der Waals surface area contributed by atoms with Crippen LogP contribution in [0.3, 0.4) is 0 Å². The minimum atomic E-state index is -0.316. The Hall–Kier alpha value is -3.45. The first-order valence-corrected chi connectivity index (χ1v) is 10.9. The van der Waals surface area contributed by atoms with Crippen molar-refractivity contribution in [2.45, 2.75) is 30.4 Å². The van der Waals surface area contributed by atoms with Crippen LogP contribution in [0.15, 0.2) is 90.3 Å². The molecule has 0 fully saturated rings. The molecule has 156 valence electrons. The monoisotopic (exact) mass is 429 g/mol. The van der Waals surface area contributed by atoms with Gasteiger partial charge in [-0.2, -0.15) is 0 Å². The molecule has 2 heterocycles. The summed E-state index contributed by atoms with van der Waals surface area (Å²) in [6.07, 6.45) is 3.51. The number of hydrogen-bond acceptors (Lipinski definition) is 5. The van der Waals surface area contributed by atoms with E-state index in [1.54, 1.807) is 12.4 Å². The van der Waals surface area contributed by atoms with Gasteiger partial charge in [-0.1, -0.05) is 72.4 Å². The van der Waals surface area contributed by atoms with Gasteiger partial charge in [0, 0.05) is 24.5 Å². The smallest absolute Gasteiger partial charge is 0.233 e. The number of rotatable bonds is 8. The lowest BCUT2D eigenvalue weighted by Crippen LogP contribution is -2.30. The number of nitrogens with zero attached hydrogens (tertiary/aromatic N) is 4. The van der Waals surface area contributed by atoms with Crippen molar-refractivity contribution in [3.63, 3.8) is 0 Å². The van der Waals surface area contributed by atoms with E-state index in [1.165, 1.54) is 11.8 Å². The number of benzene rings is 2. The average molecular weight is 430 g/mol. The summed E-state index contributed by atoms with van der Waals surface area (Å²) < 4.78 is 2.04. The SMILES string of the molecule is CC(Sc1nnc(-c2cccnc2)n1Cc1ccccc1)C(=O)NCc1ccccc1. The summed E-state index contributed by atoms with van der Waals surface area (Å²) in [5.74, 6) is 0.697. The number of pyridine rings is 1. The molecule has 6 nitrogen and oxygen atoms in total. The lowest BCUT2D eigenvalue weighted by Gasteiger charge is -2.14. The van der Waals surface area contributed by atoms with Crippen LogP contribution in [0.25, 0.3) is 11.4 Å². The van der Waals surface area contributed by atoms with Crippen molar-refractivity contribution in [2.75, 3.05) is 0 Å². The van der Waals surface area contributed by atoms with Gasteiger partial charge in [-0.05, 0) is 30.2 Å². The molecule has 1 amide bonds. The Bertz CT molecular complexity index is 1120. The maximum Gasteiger partial charge on any atom is 0.233 e. The Morgan fingerprint density at radius 1 is 0.968 bits per heavy atom. The second-order valence-electron chi connectivity index (χ2n) is 7.08. The molecule has 0 saturated heterocycles. The second-order valence-corrected chi connectivity index (χ2v) is 8.39. The van der Waals surface area contributed by atoms with Crippen LogP contribution < -0.4 is 5.32 Å². The molecule has 7 heteroatoms. The highest BCUT2D eigenvalue weighted by atomic mass is 32.2. The van der Waals surface area contributed by atoms with Crippen molar-refractivity contribution in [3.05, 3.63) is 96.3 Å². The molecule has 2 aromatic heterocycles. The summed E-state index contributed by atoms with van der Waals surface area (Å²) in [4.78, 5) is 16.9. The molecular formula is C24H23N5OS. The minimum Gasteiger partial charge on any atom is -0.351 e. The first kappa shape index (κ1) is 20.8. The number of thioether (sulfide) groups is 1. The summed E-state index contributed by atoms with van der Waals surface area (Å²) in [6, 6.07) is 23.9. The van der Waals surface area contributed by atoms with Crippen LogP contribution in [0, 0.1) is 0 Å². The van der Waals surface area contributed by atoms with E-state index in [1.807, 2.05) is 72.2 Å². The van der Waals surface area contributed by atoms with E-state index in [9.17, 15) is 4.79 Å². The van der Waals surface area contributed by atoms with Crippen LogP contribution in [0.2, 0.25) is 0 Å². The van der Waals surface area contributed by atoms with Gasteiger partial charge in [0.05, 0.1) is 11.8 Å². The van der Waals surface area contributed by atoms with Gasteiger partial charge in [-0.3, -0.25) is 14.3 Å². The summed E-state index contributed by atoms with van der Waals surface area (Å²) in [5, 5.41) is 12.2. The molecule has 4 aromatic rings. The molecule has 1 atom stereocenters. The number of carbonyl (C=O) groups excluding carboxylic acids is 1. The topological polar surface area (TPSA) is 72.7 Å². The van der Waals surface area contributed by atoms with Crippen LogP contribution in [-0.2, 0) is 17.9 Å². The van der Waals surface area contributed by atoms with Crippen LogP contribution in [0.1, 0.15) is 18.1 Å². The second kappa shape index (κ2) is 10.0. The predicted molar refractivity (Wildman–Crippen MR) is 122 cm³/mol. The highest BCUT2D eigenvalue weighted by Gasteiger charge is 2.21. The number of hydrogen-bond donors (Lipinski definition) is 1. The zero-order valence-electron chi connectivity index (χ0n) is 17.2. The maximum atomic E-state index is 12.7. The summed E-state index contributed by atoms with van der Waals surface area (Å²) >= 11 is 1.41. The fraction of sp³-hybridized carbons (Fsp3) is 0.167. The molecule has 0 saturated carbocycles. The van der Waals surface area contributed by atoms with Gasteiger partial charge < -0.3 is 5.32 Å². The zero-order valence-corrected chi connectivity index (χ0v) is 18.0.